The Balaban J connectivity index is 2.51. The Morgan fingerprint density at radius 3 is 2.64 bits per heavy atom. The molecule has 0 aromatic carbocycles. The van der Waals surface area contributed by atoms with Crippen molar-refractivity contribution in [3.8, 4) is 0 Å². The summed E-state index contributed by atoms with van der Waals surface area (Å²) in [4.78, 5) is 12.3. The van der Waals surface area contributed by atoms with E-state index in [1.807, 2.05) is 0 Å². The van der Waals surface area contributed by atoms with Crippen LogP contribution in [0.25, 0.3) is 0 Å². The number of hydrogen-bond donors (Lipinski definition) is 2. The molecule has 0 radical (unpaired) electrons. The Morgan fingerprint density at radius 2 is 2.36 bits per heavy atom. The first-order chi connectivity index (χ1) is 5.15. The number of carboxylic acids is 1. The lowest BCUT2D eigenvalue weighted by molar-refractivity contribution is -0.141. The SMILES string of the molecule is CN1CC(CO)C[C@H]1C(=O)O. The third-order valence-corrected chi connectivity index (χ3v) is 2.18. The van der Waals surface area contributed by atoms with Crippen molar-refractivity contribution in [2.75, 3.05) is 20.2 Å². The molecule has 1 unspecified atom stereocenters. The second kappa shape index (κ2) is 3.19. The number of likely N-dealkylation sites (tertiary alicyclic amines) is 1. The van der Waals surface area contributed by atoms with Crippen LogP contribution < -0.4 is 0 Å². The molecular formula is C7H13NO3. The maximum atomic E-state index is 10.6. The van der Waals surface area contributed by atoms with Crippen molar-refractivity contribution in [2.45, 2.75) is 12.5 Å². The Morgan fingerprint density at radius 1 is 1.73 bits per heavy atom. The lowest BCUT2D eigenvalue weighted by Gasteiger charge is -2.13. The highest BCUT2D eigenvalue weighted by Gasteiger charge is 2.33. The third-order valence-electron chi connectivity index (χ3n) is 2.18. The van der Waals surface area contributed by atoms with E-state index in [9.17, 15) is 4.79 Å². The van der Waals surface area contributed by atoms with E-state index in [4.69, 9.17) is 10.2 Å². The van der Waals surface area contributed by atoms with Crippen LogP contribution in [0.1, 0.15) is 6.42 Å². The summed E-state index contributed by atoms with van der Waals surface area (Å²) in [6, 6.07) is -0.396. The van der Waals surface area contributed by atoms with Gasteiger partial charge in [0.2, 0.25) is 0 Å². The van der Waals surface area contributed by atoms with Crippen molar-refractivity contribution in [3.05, 3.63) is 0 Å². The molecule has 0 saturated carbocycles. The quantitative estimate of drug-likeness (QED) is 0.564. The second-order valence-electron chi connectivity index (χ2n) is 3.08. The molecule has 0 aliphatic carbocycles. The fourth-order valence-corrected chi connectivity index (χ4v) is 1.53. The lowest BCUT2D eigenvalue weighted by Crippen LogP contribution is -2.32. The van der Waals surface area contributed by atoms with Crippen LogP contribution in [-0.2, 0) is 4.79 Å². The minimum Gasteiger partial charge on any atom is -0.480 e. The number of likely N-dealkylation sites (N-methyl/N-ethyl adjacent to an activating group) is 1. The van der Waals surface area contributed by atoms with Gasteiger partial charge in [-0.25, -0.2) is 0 Å². The fraction of sp³-hybridized carbons (Fsp3) is 0.857. The van der Waals surface area contributed by atoms with Crippen molar-refractivity contribution in [1.29, 1.82) is 0 Å². The van der Waals surface area contributed by atoms with E-state index in [-0.39, 0.29) is 12.5 Å². The molecule has 1 rings (SSSR count). The first kappa shape index (κ1) is 8.49. The molecule has 0 aromatic rings. The molecule has 64 valence electrons. The normalized spacial score (nSPS) is 32.5. The number of carbonyl (C=O) groups is 1. The zero-order valence-electron chi connectivity index (χ0n) is 6.53. The van der Waals surface area contributed by atoms with Gasteiger partial charge in [-0.1, -0.05) is 0 Å². The standard InChI is InChI=1S/C7H13NO3/c1-8-3-5(4-9)2-6(8)7(10)11/h5-6,9H,2-4H2,1H3,(H,10,11)/t5?,6-/m0/s1. The van der Waals surface area contributed by atoms with Gasteiger partial charge in [0, 0.05) is 13.2 Å². The largest absolute Gasteiger partial charge is 0.480 e. The van der Waals surface area contributed by atoms with Crippen LogP contribution in [0.4, 0.5) is 0 Å². The summed E-state index contributed by atoms with van der Waals surface area (Å²) in [6.45, 7) is 0.779. The van der Waals surface area contributed by atoms with E-state index in [1.54, 1.807) is 11.9 Å². The summed E-state index contributed by atoms with van der Waals surface area (Å²) in [5.74, 6) is -0.649. The molecule has 11 heavy (non-hydrogen) atoms. The fourth-order valence-electron chi connectivity index (χ4n) is 1.53. The molecule has 1 saturated heterocycles. The van der Waals surface area contributed by atoms with Crippen molar-refractivity contribution in [1.82, 2.24) is 4.90 Å². The molecule has 0 spiro atoms. The van der Waals surface area contributed by atoms with Crippen LogP contribution in [0.15, 0.2) is 0 Å². The molecule has 1 aliphatic heterocycles. The van der Waals surface area contributed by atoms with E-state index in [1.165, 1.54) is 0 Å². The molecule has 0 bridgehead atoms. The monoisotopic (exact) mass is 159 g/mol. The third kappa shape index (κ3) is 1.70. The lowest BCUT2D eigenvalue weighted by atomic mass is 10.1. The minimum absolute atomic E-state index is 0.0914. The van der Waals surface area contributed by atoms with Crippen LogP contribution in [0, 0.1) is 5.92 Å². The van der Waals surface area contributed by atoms with E-state index in [0.717, 1.165) is 0 Å². The number of aliphatic carboxylic acids is 1. The maximum Gasteiger partial charge on any atom is 0.320 e. The van der Waals surface area contributed by atoms with Gasteiger partial charge in [-0.2, -0.15) is 0 Å². The van der Waals surface area contributed by atoms with Gasteiger partial charge in [0.1, 0.15) is 6.04 Å². The highest BCUT2D eigenvalue weighted by atomic mass is 16.4. The number of hydrogen-bond acceptors (Lipinski definition) is 3. The summed E-state index contributed by atoms with van der Waals surface area (Å²) in [7, 11) is 1.77. The van der Waals surface area contributed by atoms with Gasteiger partial charge >= 0.3 is 5.97 Å². The molecule has 2 N–H and O–H groups in total. The topological polar surface area (TPSA) is 60.8 Å². The number of nitrogens with zero attached hydrogens (tertiary/aromatic N) is 1. The van der Waals surface area contributed by atoms with Gasteiger partial charge in [0.25, 0.3) is 0 Å². The molecular weight excluding hydrogens is 146 g/mol. The first-order valence-electron chi connectivity index (χ1n) is 3.69. The number of carboxylic acid groups (broad SMARTS) is 1. The van der Waals surface area contributed by atoms with E-state index in [0.29, 0.717) is 13.0 Å². The molecule has 2 atom stereocenters. The van der Waals surface area contributed by atoms with Crippen molar-refractivity contribution in [2.24, 2.45) is 5.92 Å². The maximum absolute atomic E-state index is 10.6. The zero-order valence-corrected chi connectivity index (χ0v) is 6.53. The van der Waals surface area contributed by atoms with E-state index < -0.39 is 12.0 Å². The molecule has 4 nitrogen and oxygen atoms in total. The second-order valence-corrected chi connectivity index (χ2v) is 3.08. The number of rotatable bonds is 2. The van der Waals surface area contributed by atoms with E-state index in [2.05, 4.69) is 0 Å². The summed E-state index contributed by atoms with van der Waals surface area (Å²) >= 11 is 0. The highest BCUT2D eigenvalue weighted by Crippen LogP contribution is 2.20. The summed E-state index contributed by atoms with van der Waals surface area (Å²) < 4.78 is 0. The van der Waals surface area contributed by atoms with Gasteiger partial charge in [-0.3, -0.25) is 9.69 Å². The predicted molar refractivity (Wildman–Crippen MR) is 39.2 cm³/mol. The Kier molecular flexibility index (Phi) is 2.46. The van der Waals surface area contributed by atoms with Gasteiger partial charge < -0.3 is 10.2 Å². The summed E-state index contributed by atoms with van der Waals surface area (Å²) in [6.07, 6.45) is 0.572. The van der Waals surface area contributed by atoms with Crippen molar-refractivity contribution >= 4 is 5.97 Å². The highest BCUT2D eigenvalue weighted by molar-refractivity contribution is 5.73. The predicted octanol–water partition coefficient (Wildman–Crippen LogP) is -0.616. The Hall–Kier alpha value is -0.610. The zero-order chi connectivity index (χ0) is 8.43. The van der Waals surface area contributed by atoms with Gasteiger partial charge in [-0.05, 0) is 19.4 Å². The molecule has 1 aliphatic rings. The van der Waals surface area contributed by atoms with Gasteiger partial charge in [-0.15, -0.1) is 0 Å². The average Bonchev–Trinajstić information content (AvgIpc) is 2.30. The van der Waals surface area contributed by atoms with Crippen LogP contribution in [0.3, 0.4) is 0 Å². The molecule has 4 heteroatoms. The molecule has 1 heterocycles. The summed E-state index contributed by atoms with van der Waals surface area (Å²) in [5, 5.41) is 17.4. The Labute approximate surface area is 65.4 Å². The molecule has 1 fully saturated rings. The van der Waals surface area contributed by atoms with Crippen LogP contribution in [-0.4, -0.2) is 47.3 Å². The number of aliphatic hydroxyl groups is 1. The van der Waals surface area contributed by atoms with Gasteiger partial charge in [0.15, 0.2) is 0 Å². The number of aliphatic hydroxyl groups excluding tert-OH is 1. The van der Waals surface area contributed by atoms with Crippen molar-refractivity contribution in [3.63, 3.8) is 0 Å². The van der Waals surface area contributed by atoms with Gasteiger partial charge in [0.05, 0.1) is 0 Å². The van der Waals surface area contributed by atoms with E-state index >= 15 is 0 Å². The van der Waals surface area contributed by atoms with Crippen LogP contribution in [0.2, 0.25) is 0 Å². The average molecular weight is 159 g/mol. The smallest absolute Gasteiger partial charge is 0.320 e. The van der Waals surface area contributed by atoms with Crippen LogP contribution in [0.5, 0.6) is 0 Å². The Bertz CT molecular complexity index is 160. The first-order valence-corrected chi connectivity index (χ1v) is 3.69. The molecule has 0 aromatic heterocycles. The summed E-state index contributed by atoms with van der Waals surface area (Å²) in [5.41, 5.74) is 0. The minimum atomic E-state index is -0.788. The van der Waals surface area contributed by atoms with Crippen molar-refractivity contribution < 1.29 is 15.0 Å². The van der Waals surface area contributed by atoms with Crippen LogP contribution >= 0.6 is 0 Å². The molecule has 0 amide bonds.